The molecule has 0 fully saturated rings. The minimum atomic E-state index is -0.201. The van der Waals surface area contributed by atoms with Crippen molar-refractivity contribution in [3.05, 3.63) is 78.4 Å². The molecule has 1 atom stereocenters. The minimum absolute atomic E-state index is 0.201. The summed E-state index contributed by atoms with van der Waals surface area (Å²) in [6.07, 6.45) is 2.53. The van der Waals surface area contributed by atoms with E-state index in [0.717, 1.165) is 12.1 Å². The van der Waals surface area contributed by atoms with Crippen molar-refractivity contribution < 1.29 is 4.79 Å². The first-order valence-electron chi connectivity index (χ1n) is 8.75. The molecule has 0 aliphatic carbocycles. The summed E-state index contributed by atoms with van der Waals surface area (Å²) in [6, 6.07) is 19.9. The largest absolute Gasteiger partial charge is 0.338 e. The maximum atomic E-state index is 12.0. The lowest BCUT2D eigenvalue weighted by molar-refractivity contribution is 0.240. The van der Waals surface area contributed by atoms with E-state index in [2.05, 4.69) is 39.9 Å². The molecule has 1 heterocycles. The van der Waals surface area contributed by atoms with Crippen molar-refractivity contribution in [2.24, 2.45) is 0 Å². The Bertz CT molecular complexity index is 816. The fourth-order valence-corrected chi connectivity index (χ4v) is 2.76. The highest BCUT2D eigenvalue weighted by molar-refractivity contribution is 5.73. The number of hydrogen-bond donors (Lipinski definition) is 2. The van der Waals surface area contributed by atoms with Crippen molar-refractivity contribution >= 4 is 6.03 Å². The smallest absolute Gasteiger partial charge is 0.315 e. The monoisotopic (exact) mass is 349 g/mol. The first-order chi connectivity index (χ1) is 12.7. The molecular formula is C20H23N5O. The molecule has 6 nitrogen and oxygen atoms in total. The molecule has 2 amide bonds. The predicted octanol–water partition coefficient (Wildman–Crippen LogP) is 3.26. The Kier molecular flexibility index (Phi) is 5.98. The lowest BCUT2D eigenvalue weighted by Crippen LogP contribution is -2.36. The van der Waals surface area contributed by atoms with Crippen molar-refractivity contribution in [2.45, 2.75) is 25.8 Å². The fourth-order valence-electron chi connectivity index (χ4n) is 2.76. The molecule has 1 aromatic heterocycles. The zero-order valence-corrected chi connectivity index (χ0v) is 14.8. The number of nitrogens with zero attached hydrogens (tertiary/aromatic N) is 3. The van der Waals surface area contributed by atoms with Crippen LogP contribution in [0.25, 0.3) is 5.69 Å². The number of carbonyl (C=O) groups excluding carboxylic acids is 1. The van der Waals surface area contributed by atoms with Crippen LogP contribution in [-0.2, 0) is 6.54 Å². The minimum Gasteiger partial charge on any atom is -0.338 e. The van der Waals surface area contributed by atoms with Gasteiger partial charge in [0.2, 0.25) is 0 Å². The molecular weight excluding hydrogens is 326 g/mol. The van der Waals surface area contributed by atoms with E-state index in [1.807, 2.05) is 53.1 Å². The summed E-state index contributed by atoms with van der Waals surface area (Å²) in [6.45, 7) is 3.10. The van der Waals surface area contributed by atoms with Gasteiger partial charge in [-0.15, -0.1) is 10.2 Å². The highest BCUT2D eigenvalue weighted by Crippen LogP contribution is 2.17. The second-order valence-electron chi connectivity index (χ2n) is 6.16. The summed E-state index contributed by atoms with van der Waals surface area (Å²) in [4.78, 5) is 12.0. The van der Waals surface area contributed by atoms with E-state index < -0.39 is 0 Å². The van der Waals surface area contributed by atoms with Crippen LogP contribution in [0, 0.1) is 0 Å². The van der Waals surface area contributed by atoms with Crippen LogP contribution in [0.4, 0.5) is 4.79 Å². The molecule has 3 rings (SSSR count). The predicted molar refractivity (Wildman–Crippen MR) is 101 cm³/mol. The second-order valence-corrected chi connectivity index (χ2v) is 6.16. The molecule has 26 heavy (non-hydrogen) atoms. The summed E-state index contributed by atoms with van der Waals surface area (Å²) in [5, 5.41) is 13.8. The van der Waals surface area contributed by atoms with Gasteiger partial charge >= 0.3 is 6.03 Å². The number of amides is 2. The fraction of sp³-hybridized carbons (Fsp3) is 0.250. The Morgan fingerprint density at radius 3 is 2.46 bits per heavy atom. The number of rotatable bonds is 7. The third-order valence-electron chi connectivity index (χ3n) is 4.29. The third kappa shape index (κ3) is 4.69. The molecule has 0 spiro atoms. The SMILES string of the molecule is C[C@@H](CCNC(=O)NCc1nncn1-c1ccccc1)c1ccccc1. The van der Waals surface area contributed by atoms with Crippen LogP contribution in [0.3, 0.4) is 0 Å². The van der Waals surface area contributed by atoms with Crippen LogP contribution in [0.2, 0.25) is 0 Å². The van der Waals surface area contributed by atoms with Crippen LogP contribution in [-0.4, -0.2) is 27.3 Å². The standard InChI is InChI=1S/C20H23N5O/c1-16(17-8-4-2-5-9-17)12-13-21-20(26)22-14-19-24-23-15-25(19)18-10-6-3-7-11-18/h2-11,15-16H,12-14H2,1H3,(H2,21,22,26)/t16-/m0/s1. The van der Waals surface area contributed by atoms with Gasteiger partial charge in [0.15, 0.2) is 5.82 Å². The van der Waals surface area contributed by atoms with Gasteiger partial charge in [-0.05, 0) is 30.0 Å². The zero-order chi connectivity index (χ0) is 18.2. The highest BCUT2D eigenvalue weighted by atomic mass is 16.2. The lowest BCUT2D eigenvalue weighted by Gasteiger charge is -2.13. The molecule has 0 saturated heterocycles. The summed E-state index contributed by atoms with van der Waals surface area (Å²) in [5.41, 5.74) is 2.25. The van der Waals surface area contributed by atoms with Crippen LogP contribution in [0.1, 0.15) is 30.7 Å². The van der Waals surface area contributed by atoms with E-state index in [0.29, 0.717) is 24.8 Å². The molecule has 134 valence electrons. The number of nitrogens with one attached hydrogen (secondary N) is 2. The Balaban J connectivity index is 1.45. The number of hydrogen-bond acceptors (Lipinski definition) is 3. The topological polar surface area (TPSA) is 71.8 Å². The lowest BCUT2D eigenvalue weighted by atomic mass is 9.98. The van der Waals surface area contributed by atoms with Crippen LogP contribution >= 0.6 is 0 Å². The van der Waals surface area contributed by atoms with Crippen molar-refractivity contribution in [3.63, 3.8) is 0 Å². The summed E-state index contributed by atoms with van der Waals surface area (Å²) in [5.74, 6) is 1.08. The Labute approximate surface area is 153 Å². The quantitative estimate of drug-likeness (QED) is 0.688. The molecule has 2 aromatic carbocycles. The molecule has 3 aromatic rings. The number of para-hydroxylation sites is 1. The summed E-state index contributed by atoms with van der Waals surface area (Å²) in [7, 11) is 0. The third-order valence-corrected chi connectivity index (χ3v) is 4.29. The molecule has 0 unspecified atom stereocenters. The average Bonchev–Trinajstić information content (AvgIpc) is 3.16. The number of urea groups is 1. The van der Waals surface area contributed by atoms with Gasteiger partial charge in [0.25, 0.3) is 0 Å². The Morgan fingerprint density at radius 2 is 1.73 bits per heavy atom. The molecule has 0 bridgehead atoms. The number of benzene rings is 2. The highest BCUT2D eigenvalue weighted by Gasteiger charge is 2.09. The van der Waals surface area contributed by atoms with Gasteiger partial charge in [-0.1, -0.05) is 55.5 Å². The molecule has 0 radical (unpaired) electrons. The van der Waals surface area contributed by atoms with E-state index in [-0.39, 0.29) is 6.03 Å². The van der Waals surface area contributed by atoms with E-state index in [1.54, 1.807) is 6.33 Å². The van der Waals surface area contributed by atoms with E-state index in [1.165, 1.54) is 5.56 Å². The summed E-state index contributed by atoms with van der Waals surface area (Å²) < 4.78 is 1.86. The van der Waals surface area contributed by atoms with Crippen LogP contribution in [0.15, 0.2) is 67.0 Å². The van der Waals surface area contributed by atoms with Crippen LogP contribution < -0.4 is 10.6 Å². The molecule has 0 aliphatic rings. The van der Waals surface area contributed by atoms with Crippen molar-refractivity contribution in [1.29, 1.82) is 0 Å². The number of aromatic nitrogens is 3. The van der Waals surface area contributed by atoms with E-state index >= 15 is 0 Å². The van der Waals surface area contributed by atoms with Gasteiger partial charge in [-0.3, -0.25) is 4.57 Å². The molecule has 0 saturated carbocycles. The van der Waals surface area contributed by atoms with Gasteiger partial charge in [-0.2, -0.15) is 0 Å². The zero-order valence-electron chi connectivity index (χ0n) is 14.8. The van der Waals surface area contributed by atoms with Crippen molar-refractivity contribution in [3.8, 4) is 5.69 Å². The van der Waals surface area contributed by atoms with Crippen molar-refractivity contribution in [2.75, 3.05) is 6.54 Å². The maximum absolute atomic E-state index is 12.0. The van der Waals surface area contributed by atoms with Gasteiger partial charge in [0, 0.05) is 12.2 Å². The average molecular weight is 349 g/mol. The van der Waals surface area contributed by atoms with Gasteiger partial charge in [0.05, 0.1) is 6.54 Å². The Morgan fingerprint density at radius 1 is 1.04 bits per heavy atom. The second kappa shape index (κ2) is 8.80. The first-order valence-corrected chi connectivity index (χ1v) is 8.75. The van der Waals surface area contributed by atoms with Gasteiger partial charge < -0.3 is 10.6 Å². The first kappa shape index (κ1) is 17.7. The summed E-state index contributed by atoms with van der Waals surface area (Å²) >= 11 is 0. The molecule has 6 heteroatoms. The molecule has 0 aliphatic heterocycles. The Hall–Kier alpha value is -3.15. The normalized spacial score (nSPS) is 11.7. The van der Waals surface area contributed by atoms with Gasteiger partial charge in [-0.25, -0.2) is 4.79 Å². The van der Waals surface area contributed by atoms with Crippen molar-refractivity contribution in [1.82, 2.24) is 25.4 Å². The molecule has 2 N–H and O–H groups in total. The van der Waals surface area contributed by atoms with E-state index in [4.69, 9.17) is 0 Å². The number of carbonyl (C=O) groups is 1. The van der Waals surface area contributed by atoms with Crippen LogP contribution in [0.5, 0.6) is 0 Å². The maximum Gasteiger partial charge on any atom is 0.315 e. The van der Waals surface area contributed by atoms with E-state index in [9.17, 15) is 4.79 Å². The van der Waals surface area contributed by atoms with Gasteiger partial charge in [0.1, 0.15) is 6.33 Å².